The fourth-order valence-corrected chi connectivity index (χ4v) is 3.17. The van der Waals surface area contributed by atoms with Gasteiger partial charge in [0.15, 0.2) is 0 Å². The maximum atomic E-state index is 13.7. The monoisotopic (exact) mass is 430 g/mol. The molecule has 0 atom stereocenters. The lowest BCUT2D eigenvalue weighted by Crippen LogP contribution is -2.02. The van der Waals surface area contributed by atoms with Crippen molar-refractivity contribution in [2.24, 2.45) is 0 Å². The molecular weight excluding hydrogens is 422 g/mol. The molecule has 0 radical (unpaired) electrons. The summed E-state index contributed by atoms with van der Waals surface area (Å²) in [6.07, 6.45) is 0.613. The second-order valence-corrected chi connectivity index (χ2v) is 6.69. The highest BCUT2D eigenvalue weighted by atomic mass is 79.9. The standard InChI is InChI=1S/C15H10Br2ClFN2/c16-9-2-1-3-10(6-9)21-14-7-11(17)12(19)8-13(14)20-15(21)4-5-18/h1-3,6-8H,4-5H2. The lowest BCUT2D eigenvalue weighted by atomic mass is 10.2. The molecule has 0 saturated heterocycles. The van der Waals surface area contributed by atoms with E-state index in [1.807, 2.05) is 28.8 Å². The zero-order chi connectivity index (χ0) is 15.0. The molecule has 0 amide bonds. The molecule has 0 fully saturated rings. The van der Waals surface area contributed by atoms with E-state index in [1.54, 1.807) is 6.07 Å². The Kier molecular flexibility index (Phi) is 4.33. The molecule has 1 aromatic heterocycles. The quantitative estimate of drug-likeness (QED) is 0.502. The van der Waals surface area contributed by atoms with Crippen LogP contribution in [-0.2, 0) is 6.42 Å². The predicted molar refractivity (Wildman–Crippen MR) is 90.9 cm³/mol. The highest BCUT2D eigenvalue weighted by Crippen LogP contribution is 2.28. The molecule has 0 aliphatic heterocycles. The number of hydrogen-bond donors (Lipinski definition) is 0. The van der Waals surface area contributed by atoms with E-state index in [9.17, 15) is 4.39 Å². The SMILES string of the molecule is Fc1cc2nc(CCCl)n(-c3cccc(Br)c3)c2cc1Br. The number of fused-ring (bicyclic) bond motifs is 1. The first kappa shape index (κ1) is 15.0. The lowest BCUT2D eigenvalue weighted by molar-refractivity contribution is 0.623. The van der Waals surface area contributed by atoms with Crippen molar-refractivity contribution in [3.05, 3.63) is 57.0 Å². The normalized spacial score (nSPS) is 11.2. The molecule has 1 heterocycles. The zero-order valence-corrected chi connectivity index (χ0v) is 14.7. The Labute approximate surface area is 143 Å². The average Bonchev–Trinajstić information content (AvgIpc) is 2.77. The summed E-state index contributed by atoms with van der Waals surface area (Å²) in [4.78, 5) is 4.51. The number of alkyl halides is 1. The summed E-state index contributed by atoms with van der Waals surface area (Å²) in [5.74, 6) is 0.954. The van der Waals surface area contributed by atoms with Crippen LogP contribution >= 0.6 is 43.5 Å². The minimum Gasteiger partial charge on any atom is -0.296 e. The van der Waals surface area contributed by atoms with Crippen LogP contribution in [-0.4, -0.2) is 15.4 Å². The maximum absolute atomic E-state index is 13.7. The molecule has 2 nitrogen and oxygen atoms in total. The number of nitrogens with zero attached hydrogens (tertiary/aromatic N) is 2. The Morgan fingerprint density at radius 1 is 1.19 bits per heavy atom. The van der Waals surface area contributed by atoms with Crippen LogP contribution in [0.2, 0.25) is 0 Å². The van der Waals surface area contributed by atoms with Gasteiger partial charge < -0.3 is 0 Å². The van der Waals surface area contributed by atoms with Gasteiger partial charge in [0.2, 0.25) is 0 Å². The molecule has 3 rings (SSSR count). The molecule has 0 aliphatic rings. The van der Waals surface area contributed by atoms with E-state index in [-0.39, 0.29) is 5.82 Å². The van der Waals surface area contributed by atoms with Gasteiger partial charge in [-0.05, 0) is 40.2 Å². The largest absolute Gasteiger partial charge is 0.296 e. The first-order chi connectivity index (χ1) is 10.1. The van der Waals surface area contributed by atoms with Crippen LogP contribution in [0.5, 0.6) is 0 Å². The van der Waals surface area contributed by atoms with Crippen molar-refractivity contribution in [1.82, 2.24) is 9.55 Å². The maximum Gasteiger partial charge on any atom is 0.139 e. The fraction of sp³-hybridized carbons (Fsp3) is 0.133. The predicted octanol–water partition coefficient (Wildman–Crippen LogP) is 5.47. The van der Waals surface area contributed by atoms with Crippen LogP contribution in [0.25, 0.3) is 16.7 Å². The number of aryl methyl sites for hydroxylation is 1. The van der Waals surface area contributed by atoms with E-state index in [1.165, 1.54) is 6.07 Å². The van der Waals surface area contributed by atoms with Gasteiger partial charge in [-0.2, -0.15) is 0 Å². The Morgan fingerprint density at radius 2 is 2.00 bits per heavy atom. The topological polar surface area (TPSA) is 17.8 Å². The van der Waals surface area contributed by atoms with Gasteiger partial charge in [0.25, 0.3) is 0 Å². The average molecular weight is 433 g/mol. The van der Waals surface area contributed by atoms with Crippen molar-refractivity contribution in [3.63, 3.8) is 0 Å². The first-order valence-electron chi connectivity index (χ1n) is 6.28. The third kappa shape index (κ3) is 2.87. The van der Waals surface area contributed by atoms with Gasteiger partial charge in [-0.3, -0.25) is 4.57 Å². The van der Waals surface area contributed by atoms with E-state index in [0.717, 1.165) is 21.5 Å². The molecule has 21 heavy (non-hydrogen) atoms. The summed E-state index contributed by atoms with van der Waals surface area (Å²) in [6, 6.07) is 11.1. The molecule has 0 saturated carbocycles. The minimum atomic E-state index is -0.321. The van der Waals surface area contributed by atoms with Crippen LogP contribution in [0.3, 0.4) is 0 Å². The van der Waals surface area contributed by atoms with Crippen molar-refractivity contribution in [2.75, 3.05) is 5.88 Å². The second kappa shape index (κ2) is 6.07. The van der Waals surface area contributed by atoms with Crippen LogP contribution in [0, 0.1) is 5.82 Å². The molecular formula is C15H10Br2ClFN2. The van der Waals surface area contributed by atoms with Gasteiger partial charge >= 0.3 is 0 Å². The molecule has 3 aromatic rings. The number of benzene rings is 2. The summed E-state index contributed by atoms with van der Waals surface area (Å²) in [5, 5.41) is 0. The van der Waals surface area contributed by atoms with Crippen LogP contribution < -0.4 is 0 Å². The highest BCUT2D eigenvalue weighted by molar-refractivity contribution is 9.10. The zero-order valence-electron chi connectivity index (χ0n) is 10.8. The third-order valence-corrected chi connectivity index (χ3v) is 4.44. The van der Waals surface area contributed by atoms with Crippen molar-refractivity contribution in [3.8, 4) is 5.69 Å². The van der Waals surface area contributed by atoms with Crippen molar-refractivity contribution in [1.29, 1.82) is 0 Å². The van der Waals surface area contributed by atoms with Crippen LogP contribution in [0.4, 0.5) is 4.39 Å². The van der Waals surface area contributed by atoms with Gasteiger partial charge in [0.05, 0.1) is 15.5 Å². The van der Waals surface area contributed by atoms with Gasteiger partial charge in [0, 0.05) is 28.5 Å². The molecule has 0 aliphatic carbocycles. The molecule has 108 valence electrons. The van der Waals surface area contributed by atoms with Gasteiger partial charge in [-0.1, -0.05) is 22.0 Å². The number of hydrogen-bond acceptors (Lipinski definition) is 1. The van der Waals surface area contributed by atoms with Crippen molar-refractivity contribution >= 4 is 54.5 Å². The van der Waals surface area contributed by atoms with E-state index in [4.69, 9.17) is 11.6 Å². The Bertz CT molecular complexity index is 817. The van der Waals surface area contributed by atoms with E-state index in [0.29, 0.717) is 22.3 Å². The summed E-state index contributed by atoms with van der Waals surface area (Å²) >= 11 is 12.6. The number of halogens is 4. The smallest absolute Gasteiger partial charge is 0.139 e. The van der Waals surface area contributed by atoms with Crippen LogP contribution in [0.1, 0.15) is 5.82 Å². The third-order valence-electron chi connectivity index (χ3n) is 3.15. The summed E-state index contributed by atoms with van der Waals surface area (Å²) < 4.78 is 17.1. The van der Waals surface area contributed by atoms with Gasteiger partial charge in [-0.25, -0.2) is 9.37 Å². The molecule has 0 spiro atoms. The number of rotatable bonds is 3. The number of aromatic nitrogens is 2. The molecule has 0 unspecified atom stereocenters. The summed E-state index contributed by atoms with van der Waals surface area (Å²) in [7, 11) is 0. The molecule has 0 bridgehead atoms. The minimum absolute atomic E-state index is 0.321. The Hall–Kier alpha value is -0.910. The van der Waals surface area contributed by atoms with Crippen LogP contribution in [0.15, 0.2) is 45.3 Å². The first-order valence-corrected chi connectivity index (χ1v) is 8.40. The molecule has 0 N–H and O–H groups in total. The van der Waals surface area contributed by atoms with E-state index >= 15 is 0 Å². The van der Waals surface area contributed by atoms with Crippen molar-refractivity contribution in [2.45, 2.75) is 6.42 Å². The second-order valence-electron chi connectivity index (χ2n) is 4.54. The summed E-state index contributed by atoms with van der Waals surface area (Å²) in [5.41, 5.74) is 2.43. The highest BCUT2D eigenvalue weighted by Gasteiger charge is 2.14. The fourth-order valence-electron chi connectivity index (χ4n) is 2.28. The summed E-state index contributed by atoms with van der Waals surface area (Å²) in [6.45, 7) is 0. The van der Waals surface area contributed by atoms with E-state index in [2.05, 4.69) is 36.8 Å². The van der Waals surface area contributed by atoms with E-state index < -0.39 is 0 Å². The van der Waals surface area contributed by atoms with Gasteiger partial charge in [-0.15, -0.1) is 11.6 Å². The van der Waals surface area contributed by atoms with Crippen molar-refractivity contribution < 1.29 is 4.39 Å². The Balaban J connectivity index is 2.32. The number of imidazole rings is 1. The Morgan fingerprint density at radius 3 is 2.71 bits per heavy atom. The molecule has 2 aromatic carbocycles. The lowest BCUT2D eigenvalue weighted by Gasteiger charge is -2.09. The van der Waals surface area contributed by atoms with Gasteiger partial charge in [0.1, 0.15) is 11.6 Å². The molecule has 6 heteroatoms.